The highest BCUT2D eigenvalue weighted by Gasteiger charge is 2.32. The Balaban J connectivity index is 1.46. The van der Waals surface area contributed by atoms with Gasteiger partial charge < -0.3 is 20.0 Å². The fourth-order valence-corrected chi connectivity index (χ4v) is 4.63. The molecule has 8 heteroatoms. The summed E-state index contributed by atoms with van der Waals surface area (Å²) in [5, 5.41) is 14.6. The number of anilines is 2. The van der Waals surface area contributed by atoms with Gasteiger partial charge in [0.05, 0.1) is 11.4 Å². The largest absolute Gasteiger partial charge is 0.402 e. The second-order valence-electron chi connectivity index (χ2n) is 7.97. The summed E-state index contributed by atoms with van der Waals surface area (Å²) in [6.45, 7) is 12.7. The number of pyridine rings is 1. The van der Waals surface area contributed by atoms with Crippen LogP contribution in [0.3, 0.4) is 0 Å². The van der Waals surface area contributed by atoms with Crippen LogP contribution in [0.4, 0.5) is 11.7 Å². The molecule has 0 bridgehead atoms. The zero-order valence-corrected chi connectivity index (χ0v) is 17.8. The van der Waals surface area contributed by atoms with Gasteiger partial charge in [0.1, 0.15) is 5.69 Å². The van der Waals surface area contributed by atoms with Crippen molar-refractivity contribution in [1.82, 2.24) is 25.4 Å². The minimum absolute atomic E-state index is 0.436. The van der Waals surface area contributed by atoms with Crippen LogP contribution < -0.4 is 15.5 Å². The van der Waals surface area contributed by atoms with Gasteiger partial charge in [0.25, 0.3) is 5.89 Å². The van der Waals surface area contributed by atoms with E-state index >= 15 is 0 Å². The third kappa shape index (κ3) is 4.38. The first kappa shape index (κ1) is 20.1. The molecule has 2 aliphatic rings. The second kappa shape index (κ2) is 9.09. The van der Waals surface area contributed by atoms with E-state index in [-0.39, 0.29) is 0 Å². The van der Waals surface area contributed by atoms with Gasteiger partial charge >= 0.3 is 6.01 Å². The third-order valence-electron chi connectivity index (χ3n) is 6.15. The second-order valence-corrected chi connectivity index (χ2v) is 7.97. The van der Waals surface area contributed by atoms with Crippen LogP contribution in [-0.4, -0.2) is 71.4 Å². The van der Waals surface area contributed by atoms with Crippen LogP contribution in [0.1, 0.15) is 38.8 Å². The first-order valence-corrected chi connectivity index (χ1v) is 11.0. The average Bonchev–Trinajstić information content (AvgIpc) is 3.23. The Hall–Kier alpha value is -2.19. The smallest absolute Gasteiger partial charge is 0.315 e. The van der Waals surface area contributed by atoms with E-state index in [1.165, 1.54) is 24.9 Å². The Bertz CT molecular complexity index is 802. The highest BCUT2D eigenvalue weighted by atomic mass is 16.4. The maximum Gasteiger partial charge on any atom is 0.315 e. The molecule has 8 nitrogen and oxygen atoms in total. The molecule has 2 saturated heterocycles. The first-order valence-electron chi connectivity index (χ1n) is 11.0. The number of piperazine rings is 1. The van der Waals surface area contributed by atoms with Crippen molar-refractivity contribution in [3.8, 4) is 11.6 Å². The molecule has 2 aromatic rings. The summed E-state index contributed by atoms with van der Waals surface area (Å²) in [5.74, 6) is 0.456. The van der Waals surface area contributed by atoms with Crippen molar-refractivity contribution < 1.29 is 4.42 Å². The van der Waals surface area contributed by atoms with Crippen molar-refractivity contribution >= 4 is 11.7 Å². The van der Waals surface area contributed by atoms with E-state index in [9.17, 15) is 0 Å². The Morgan fingerprint density at radius 2 is 2.00 bits per heavy atom. The Kier molecular flexibility index (Phi) is 6.30. The lowest BCUT2D eigenvalue weighted by molar-refractivity contribution is 0.0937. The van der Waals surface area contributed by atoms with Crippen molar-refractivity contribution in [2.75, 3.05) is 49.5 Å². The highest BCUT2D eigenvalue weighted by molar-refractivity contribution is 5.58. The van der Waals surface area contributed by atoms with Gasteiger partial charge in [-0.2, -0.15) is 0 Å². The van der Waals surface area contributed by atoms with Gasteiger partial charge in [0, 0.05) is 38.3 Å². The zero-order valence-electron chi connectivity index (χ0n) is 17.8. The Morgan fingerprint density at radius 1 is 1.17 bits per heavy atom. The predicted molar refractivity (Wildman–Crippen MR) is 115 cm³/mol. The van der Waals surface area contributed by atoms with Crippen molar-refractivity contribution in [1.29, 1.82) is 0 Å². The van der Waals surface area contributed by atoms with Crippen LogP contribution in [0.25, 0.3) is 11.6 Å². The normalized spacial score (nSPS) is 21.5. The summed E-state index contributed by atoms with van der Waals surface area (Å²) in [4.78, 5) is 10.0. The summed E-state index contributed by atoms with van der Waals surface area (Å²) < 4.78 is 5.64. The average molecular weight is 400 g/mol. The number of hydrogen-bond donors (Lipinski definition) is 2. The van der Waals surface area contributed by atoms with E-state index in [1.54, 1.807) is 0 Å². The molecule has 1 atom stereocenters. The van der Waals surface area contributed by atoms with E-state index in [4.69, 9.17) is 9.40 Å². The minimum Gasteiger partial charge on any atom is -0.402 e. The van der Waals surface area contributed by atoms with E-state index in [1.807, 2.05) is 13.0 Å². The standard InChI is InChI=1S/C21H33N7O/c1-4-16-14-27(12-13-28(16)17-8-10-22-11-9-17)19-7-6-18(24-15(19)3)20-25-26-21(29-20)23-5-2/h6-7,16-17,22H,4-5,8-14H2,1-3H3,(H,23,26)/t16-/m0/s1. The summed E-state index contributed by atoms with van der Waals surface area (Å²) in [5.41, 5.74) is 2.95. The van der Waals surface area contributed by atoms with E-state index in [0.717, 1.165) is 56.7 Å². The van der Waals surface area contributed by atoms with Crippen LogP contribution >= 0.6 is 0 Å². The molecule has 0 aromatic carbocycles. The van der Waals surface area contributed by atoms with Crippen LogP contribution in [-0.2, 0) is 0 Å². The van der Waals surface area contributed by atoms with Crippen LogP contribution in [0.15, 0.2) is 16.5 Å². The summed E-state index contributed by atoms with van der Waals surface area (Å²) in [6.07, 6.45) is 3.72. The zero-order chi connectivity index (χ0) is 20.2. The van der Waals surface area contributed by atoms with Crippen molar-refractivity contribution in [3.63, 3.8) is 0 Å². The molecule has 4 heterocycles. The first-order chi connectivity index (χ1) is 14.2. The van der Waals surface area contributed by atoms with Gasteiger partial charge in [-0.15, -0.1) is 5.10 Å². The number of nitrogens with one attached hydrogen (secondary N) is 2. The molecule has 2 N–H and O–H groups in total. The van der Waals surface area contributed by atoms with E-state index in [2.05, 4.69) is 50.5 Å². The van der Waals surface area contributed by atoms with Gasteiger partial charge in [-0.1, -0.05) is 12.0 Å². The summed E-state index contributed by atoms with van der Waals surface area (Å²) in [7, 11) is 0. The lowest BCUT2D eigenvalue weighted by Gasteiger charge is -2.47. The quantitative estimate of drug-likeness (QED) is 0.767. The van der Waals surface area contributed by atoms with Gasteiger partial charge in [0.2, 0.25) is 0 Å². The maximum atomic E-state index is 5.64. The number of piperidine rings is 1. The highest BCUT2D eigenvalue weighted by Crippen LogP contribution is 2.28. The molecule has 2 fully saturated rings. The lowest BCUT2D eigenvalue weighted by atomic mass is 9.99. The molecule has 0 unspecified atom stereocenters. The minimum atomic E-state index is 0.436. The fraction of sp³-hybridized carbons (Fsp3) is 0.667. The summed E-state index contributed by atoms with van der Waals surface area (Å²) >= 11 is 0. The third-order valence-corrected chi connectivity index (χ3v) is 6.15. The SMILES string of the molecule is CCNc1nnc(-c2ccc(N3CCN(C4CCNCC4)[C@@H](CC)C3)c(C)n2)o1. The monoisotopic (exact) mass is 399 g/mol. The van der Waals surface area contributed by atoms with Gasteiger partial charge in [-0.3, -0.25) is 4.90 Å². The molecule has 0 aliphatic carbocycles. The molecule has 0 amide bonds. The maximum absolute atomic E-state index is 5.64. The number of rotatable bonds is 6. The van der Waals surface area contributed by atoms with Crippen LogP contribution in [0.5, 0.6) is 0 Å². The van der Waals surface area contributed by atoms with Crippen molar-refractivity contribution in [3.05, 3.63) is 17.8 Å². The summed E-state index contributed by atoms with van der Waals surface area (Å²) in [6, 6.07) is 5.91. The number of nitrogens with zero attached hydrogens (tertiary/aromatic N) is 5. The molecular weight excluding hydrogens is 366 g/mol. The van der Waals surface area contributed by atoms with Crippen molar-refractivity contribution in [2.45, 2.75) is 52.1 Å². The molecule has 2 aliphatic heterocycles. The topological polar surface area (TPSA) is 82.4 Å². The Labute approximate surface area is 173 Å². The van der Waals surface area contributed by atoms with Crippen molar-refractivity contribution in [2.24, 2.45) is 0 Å². The molecule has 29 heavy (non-hydrogen) atoms. The molecule has 0 saturated carbocycles. The molecule has 0 spiro atoms. The molecule has 4 rings (SSSR count). The van der Waals surface area contributed by atoms with Gasteiger partial charge in [0.15, 0.2) is 0 Å². The molecule has 158 valence electrons. The Morgan fingerprint density at radius 3 is 2.72 bits per heavy atom. The number of hydrogen-bond acceptors (Lipinski definition) is 8. The lowest BCUT2D eigenvalue weighted by Crippen LogP contribution is -2.58. The van der Waals surface area contributed by atoms with Gasteiger partial charge in [-0.25, -0.2) is 4.98 Å². The molecule has 0 radical (unpaired) electrons. The molecule has 2 aromatic heterocycles. The predicted octanol–water partition coefficient (Wildman–Crippen LogP) is 2.52. The number of aromatic nitrogens is 3. The fourth-order valence-electron chi connectivity index (χ4n) is 4.63. The molecular formula is C21H33N7O. The van der Waals surface area contributed by atoms with Gasteiger partial charge in [-0.05, 0) is 58.3 Å². The van der Waals surface area contributed by atoms with E-state index < -0.39 is 0 Å². The van der Waals surface area contributed by atoms with E-state index in [0.29, 0.717) is 17.9 Å². The van der Waals surface area contributed by atoms with Crippen LogP contribution in [0, 0.1) is 6.92 Å². The number of aryl methyl sites for hydroxylation is 1. The van der Waals surface area contributed by atoms with Crippen LogP contribution in [0.2, 0.25) is 0 Å².